The third-order valence-electron chi connectivity index (χ3n) is 2.63. The molecule has 0 bridgehead atoms. The first-order valence-corrected chi connectivity index (χ1v) is 5.53. The van der Waals surface area contributed by atoms with E-state index in [1.54, 1.807) is 18.2 Å². The van der Waals surface area contributed by atoms with Crippen molar-refractivity contribution in [2.24, 2.45) is 0 Å². The Hall–Kier alpha value is -2.30. The third kappa shape index (κ3) is 1.95. The quantitative estimate of drug-likeness (QED) is 0.664. The Morgan fingerprint density at radius 2 is 2.22 bits per heavy atom. The summed E-state index contributed by atoms with van der Waals surface area (Å²) in [6.45, 7) is 2.41. The zero-order valence-corrected chi connectivity index (χ0v) is 10.1. The van der Waals surface area contributed by atoms with E-state index in [1.807, 2.05) is 6.92 Å². The van der Waals surface area contributed by atoms with Crippen molar-refractivity contribution < 1.29 is 19.1 Å². The van der Waals surface area contributed by atoms with Crippen molar-refractivity contribution in [2.45, 2.75) is 6.92 Å². The van der Waals surface area contributed by atoms with E-state index in [-0.39, 0.29) is 5.69 Å². The Labute approximate surface area is 104 Å². The zero-order valence-electron chi connectivity index (χ0n) is 10.1. The average Bonchev–Trinajstić information content (AvgIpc) is 2.76. The number of aromatic nitrogens is 1. The molecule has 2 aromatic rings. The van der Waals surface area contributed by atoms with Crippen molar-refractivity contribution in [3.63, 3.8) is 0 Å². The number of hydrogen-bond donors (Lipinski definition) is 1. The van der Waals surface area contributed by atoms with Gasteiger partial charge in [0.05, 0.1) is 19.3 Å². The van der Waals surface area contributed by atoms with Gasteiger partial charge in [0, 0.05) is 10.9 Å². The second-order valence-electron chi connectivity index (χ2n) is 3.66. The molecule has 0 saturated carbocycles. The molecule has 18 heavy (non-hydrogen) atoms. The number of methoxy groups -OCH3 is 1. The van der Waals surface area contributed by atoms with Crippen molar-refractivity contribution in [2.75, 3.05) is 13.7 Å². The Bertz CT molecular complexity index is 600. The van der Waals surface area contributed by atoms with E-state index >= 15 is 0 Å². The van der Waals surface area contributed by atoms with Gasteiger partial charge in [-0.3, -0.25) is 4.79 Å². The molecule has 2 rings (SSSR count). The number of ether oxygens (including phenoxy) is 2. The van der Waals surface area contributed by atoms with Crippen LogP contribution in [0.15, 0.2) is 18.2 Å². The number of carbonyl (C=O) groups excluding carboxylic acids is 2. The predicted molar refractivity (Wildman–Crippen MR) is 66.2 cm³/mol. The number of fused-ring (bicyclic) bond motifs is 1. The lowest BCUT2D eigenvalue weighted by molar-refractivity contribution is 0.0593. The minimum Gasteiger partial charge on any atom is -0.494 e. The number of benzene rings is 1. The molecule has 94 valence electrons. The van der Waals surface area contributed by atoms with Crippen molar-refractivity contribution >= 4 is 23.2 Å². The topological polar surface area (TPSA) is 68.4 Å². The predicted octanol–water partition coefficient (Wildman–Crippen LogP) is 2.17. The summed E-state index contributed by atoms with van der Waals surface area (Å²) in [5.74, 6) is 0.0924. The van der Waals surface area contributed by atoms with Gasteiger partial charge < -0.3 is 14.5 Å². The van der Waals surface area contributed by atoms with Crippen LogP contribution in [0, 0.1) is 0 Å². The monoisotopic (exact) mass is 247 g/mol. The van der Waals surface area contributed by atoms with Gasteiger partial charge in [-0.05, 0) is 25.1 Å². The van der Waals surface area contributed by atoms with E-state index in [9.17, 15) is 9.59 Å². The summed E-state index contributed by atoms with van der Waals surface area (Å²) in [5, 5.41) is 0.649. The first kappa shape index (κ1) is 12.2. The minimum absolute atomic E-state index is 0.163. The van der Waals surface area contributed by atoms with E-state index in [1.165, 1.54) is 7.11 Å². The molecule has 0 fully saturated rings. The second kappa shape index (κ2) is 4.91. The highest BCUT2D eigenvalue weighted by atomic mass is 16.5. The van der Waals surface area contributed by atoms with E-state index in [4.69, 9.17) is 4.74 Å². The van der Waals surface area contributed by atoms with Crippen LogP contribution >= 0.6 is 0 Å². The maximum Gasteiger partial charge on any atom is 0.355 e. The molecule has 0 aliphatic heterocycles. The van der Waals surface area contributed by atoms with Crippen LogP contribution in [0.25, 0.3) is 10.9 Å². The SMILES string of the molecule is CCOc1ccc2[nH]c(C(=O)OC)c(C=O)c2c1. The van der Waals surface area contributed by atoms with E-state index in [0.29, 0.717) is 35.1 Å². The number of esters is 1. The summed E-state index contributed by atoms with van der Waals surface area (Å²) in [6, 6.07) is 5.27. The molecule has 1 aromatic heterocycles. The first-order valence-electron chi connectivity index (χ1n) is 5.53. The summed E-state index contributed by atoms with van der Waals surface area (Å²) in [4.78, 5) is 25.5. The average molecular weight is 247 g/mol. The molecule has 5 heteroatoms. The zero-order chi connectivity index (χ0) is 13.1. The smallest absolute Gasteiger partial charge is 0.355 e. The van der Waals surface area contributed by atoms with Gasteiger partial charge in [-0.25, -0.2) is 4.79 Å². The van der Waals surface area contributed by atoms with Crippen LogP contribution in [0.1, 0.15) is 27.8 Å². The maximum atomic E-state index is 11.5. The van der Waals surface area contributed by atoms with Crippen LogP contribution in [-0.2, 0) is 4.74 Å². The summed E-state index contributed by atoms with van der Waals surface area (Å²) in [7, 11) is 1.27. The highest BCUT2D eigenvalue weighted by molar-refractivity contribution is 6.08. The molecule has 0 amide bonds. The van der Waals surface area contributed by atoms with Gasteiger partial charge >= 0.3 is 5.97 Å². The molecule has 1 N–H and O–H groups in total. The molecular weight excluding hydrogens is 234 g/mol. The normalized spacial score (nSPS) is 10.3. The molecule has 0 aliphatic carbocycles. The summed E-state index contributed by atoms with van der Waals surface area (Å²) >= 11 is 0. The van der Waals surface area contributed by atoms with Gasteiger partial charge in [0.15, 0.2) is 6.29 Å². The van der Waals surface area contributed by atoms with Crippen LogP contribution in [0.4, 0.5) is 0 Å². The number of aldehydes is 1. The lowest BCUT2D eigenvalue weighted by Gasteiger charge is -2.02. The molecule has 1 aromatic carbocycles. The molecule has 0 atom stereocenters. The fourth-order valence-corrected chi connectivity index (χ4v) is 1.83. The standard InChI is InChI=1S/C13H13NO4/c1-3-18-8-4-5-11-9(6-8)10(7-15)12(14-11)13(16)17-2/h4-7,14H,3H2,1-2H3. The maximum absolute atomic E-state index is 11.5. The van der Waals surface area contributed by atoms with Crippen molar-refractivity contribution in [3.8, 4) is 5.75 Å². The van der Waals surface area contributed by atoms with E-state index in [2.05, 4.69) is 9.72 Å². The summed E-state index contributed by atoms with van der Waals surface area (Å²) < 4.78 is 9.99. The minimum atomic E-state index is -0.564. The number of carbonyl (C=O) groups is 2. The second-order valence-corrected chi connectivity index (χ2v) is 3.66. The third-order valence-corrected chi connectivity index (χ3v) is 2.63. The van der Waals surface area contributed by atoms with Gasteiger partial charge in [-0.2, -0.15) is 0 Å². The van der Waals surface area contributed by atoms with Crippen LogP contribution in [0.5, 0.6) is 5.75 Å². The van der Waals surface area contributed by atoms with E-state index < -0.39 is 5.97 Å². The number of H-pyrrole nitrogens is 1. The van der Waals surface area contributed by atoms with Crippen molar-refractivity contribution in [1.29, 1.82) is 0 Å². The van der Waals surface area contributed by atoms with Crippen molar-refractivity contribution in [1.82, 2.24) is 4.98 Å². The lowest BCUT2D eigenvalue weighted by atomic mass is 10.1. The Morgan fingerprint density at radius 1 is 1.44 bits per heavy atom. The summed E-state index contributed by atoms with van der Waals surface area (Å²) in [5.41, 5.74) is 1.15. The summed E-state index contributed by atoms with van der Waals surface area (Å²) in [6.07, 6.45) is 0.640. The van der Waals surface area contributed by atoms with Crippen LogP contribution in [0.3, 0.4) is 0 Å². The molecule has 5 nitrogen and oxygen atoms in total. The number of nitrogens with one attached hydrogen (secondary N) is 1. The highest BCUT2D eigenvalue weighted by Crippen LogP contribution is 2.26. The highest BCUT2D eigenvalue weighted by Gasteiger charge is 2.18. The number of aromatic amines is 1. The van der Waals surface area contributed by atoms with E-state index in [0.717, 1.165) is 0 Å². The van der Waals surface area contributed by atoms with Gasteiger partial charge in [-0.1, -0.05) is 0 Å². The Kier molecular flexibility index (Phi) is 3.32. The number of rotatable bonds is 4. The Morgan fingerprint density at radius 3 is 2.83 bits per heavy atom. The molecule has 0 saturated heterocycles. The number of hydrogen-bond acceptors (Lipinski definition) is 4. The van der Waals surface area contributed by atoms with Gasteiger partial charge in [0.25, 0.3) is 0 Å². The first-order chi connectivity index (χ1) is 8.71. The fraction of sp³-hybridized carbons (Fsp3) is 0.231. The molecule has 0 aliphatic rings. The van der Waals surface area contributed by atoms with Crippen molar-refractivity contribution in [3.05, 3.63) is 29.5 Å². The largest absolute Gasteiger partial charge is 0.494 e. The molecule has 0 spiro atoms. The molecule has 0 unspecified atom stereocenters. The van der Waals surface area contributed by atoms with Crippen LogP contribution in [0.2, 0.25) is 0 Å². The molecule has 0 radical (unpaired) electrons. The lowest BCUT2D eigenvalue weighted by Crippen LogP contribution is -2.04. The molecular formula is C13H13NO4. The van der Waals surface area contributed by atoms with Gasteiger partial charge in [0.2, 0.25) is 0 Å². The van der Waals surface area contributed by atoms with Gasteiger partial charge in [0.1, 0.15) is 11.4 Å². The fourth-order valence-electron chi connectivity index (χ4n) is 1.83. The Balaban J connectivity index is 2.62. The van der Waals surface area contributed by atoms with Crippen LogP contribution < -0.4 is 4.74 Å². The molecule has 1 heterocycles. The van der Waals surface area contributed by atoms with Crippen LogP contribution in [-0.4, -0.2) is 31.0 Å². The van der Waals surface area contributed by atoms with Gasteiger partial charge in [-0.15, -0.1) is 0 Å².